The second-order valence-corrected chi connectivity index (χ2v) is 4.88. The normalized spacial score (nSPS) is 11.4. The maximum atomic E-state index is 12.4. The number of ether oxygens (including phenoxy) is 1. The van der Waals surface area contributed by atoms with Crippen molar-refractivity contribution in [3.63, 3.8) is 0 Å². The Morgan fingerprint density at radius 2 is 2.15 bits per heavy atom. The number of alkyl halides is 3. The van der Waals surface area contributed by atoms with Crippen LogP contribution >= 0.6 is 11.3 Å². The molecule has 0 saturated carbocycles. The molecule has 0 aliphatic carbocycles. The van der Waals surface area contributed by atoms with E-state index in [1.807, 2.05) is 0 Å². The van der Waals surface area contributed by atoms with Gasteiger partial charge < -0.3 is 15.2 Å². The maximum absolute atomic E-state index is 12.4. The summed E-state index contributed by atoms with van der Waals surface area (Å²) in [4.78, 5) is 2.88. The predicted molar refractivity (Wildman–Crippen MR) is 69.1 cm³/mol. The first-order valence-corrected chi connectivity index (χ1v) is 6.35. The Balaban J connectivity index is 2.08. The van der Waals surface area contributed by atoms with Crippen LogP contribution in [0.15, 0.2) is 24.4 Å². The summed E-state index contributed by atoms with van der Waals surface area (Å²) in [6.45, 7) is 0.147. The molecule has 108 valence electrons. The molecule has 2 N–H and O–H groups in total. The van der Waals surface area contributed by atoms with Crippen LogP contribution < -0.4 is 10.1 Å². The van der Waals surface area contributed by atoms with Crippen LogP contribution in [0.1, 0.15) is 10.4 Å². The van der Waals surface area contributed by atoms with Gasteiger partial charge >= 0.3 is 6.18 Å². The van der Waals surface area contributed by atoms with Gasteiger partial charge in [-0.2, -0.15) is 13.2 Å². The Hall–Kier alpha value is -1.96. The van der Waals surface area contributed by atoms with E-state index < -0.39 is 11.1 Å². The first-order valence-electron chi connectivity index (χ1n) is 5.53. The molecule has 0 spiro atoms. The number of nitrogens with one attached hydrogen (secondary N) is 1. The van der Waals surface area contributed by atoms with Gasteiger partial charge in [-0.15, -0.1) is 0 Å². The molecule has 0 fully saturated rings. The number of rotatable bonds is 4. The third-order valence-corrected chi connectivity index (χ3v) is 3.52. The van der Waals surface area contributed by atoms with Crippen molar-refractivity contribution >= 4 is 16.5 Å². The van der Waals surface area contributed by atoms with E-state index in [4.69, 9.17) is 4.74 Å². The molecule has 2 rings (SSSR count). The monoisotopic (exact) mass is 304 g/mol. The highest BCUT2D eigenvalue weighted by Gasteiger charge is 2.33. The molecule has 20 heavy (non-hydrogen) atoms. The van der Waals surface area contributed by atoms with Crippen LogP contribution in [0.5, 0.6) is 11.5 Å². The van der Waals surface area contributed by atoms with Gasteiger partial charge in [-0.25, -0.2) is 4.98 Å². The van der Waals surface area contributed by atoms with Gasteiger partial charge in [-0.3, -0.25) is 0 Å². The summed E-state index contributed by atoms with van der Waals surface area (Å²) in [6, 6.07) is 4.91. The lowest BCUT2D eigenvalue weighted by Crippen LogP contribution is -2.01. The molecular formula is C12H11F3N2O2S. The van der Waals surface area contributed by atoms with Gasteiger partial charge in [0.1, 0.15) is 4.88 Å². The smallest absolute Gasteiger partial charge is 0.427 e. The van der Waals surface area contributed by atoms with E-state index >= 15 is 0 Å². The van der Waals surface area contributed by atoms with Gasteiger partial charge in [-0.05, 0) is 6.07 Å². The Morgan fingerprint density at radius 3 is 2.75 bits per heavy atom. The van der Waals surface area contributed by atoms with Gasteiger partial charge in [0, 0.05) is 12.1 Å². The van der Waals surface area contributed by atoms with Crippen LogP contribution in [-0.4, -0.2) is 17.2 Å². The number of halogens is 3. The Labute approximate surface area is 116 Å². The summed E-state index contributed by atoms with van der Waals surface area (Å²) in [5.74, 6) is 0.259. The lowest BCUT2D eigenvalue weighted by molar-refractivity contribution is -0.134. The number of phenols is 1. The lowest BCUT2D eigenvalue weighted by atomic mass is 10.2. The number of hydrogen-bond acceptors (Lipinski definition) is 5. The molecule has 0 aliphatic heterocycles. The Bertz CT molecular complexity index is 599. The molecule has 0 atom stereocenters. The molecule has 1 heterocycles. The quantitative estimate of drug-likeness (QED) is 0.908. The number of aromatic nitrogens is 1. The summed E-state index contributed by atoms with van der Waals surface area (Å²) >= 11 is 0.515. The highest BCUT2D eigenvalue weighted by Crippen LogP contribution is 2.35. The molecule has 0 saturated heterocycles. The summed E-state index contributed by atoms with van der Waals surface area (Å²) in [5, 5.41) is 12.7. The molecule has 0 radical (unpaired) electrons. The number of phenolic OH excluding ortho intramolecular Hbond substituents is 1. The predicted octanol–water partition coefficient (Wildman–Crippen LogP) is 3.49. The van der Waals surface area contributed by atoms with Crippen LogP contribution in [0.25, 0.3) is 0 Å². The minimum absolute atomic E-state index is 0.0462. The number of methoxy groups -OCH3 is 1. The summed E-state index contributed by atoms with van der Waals surface area (Å²) in [7, 11) is 1.42. The number of aromatic hydroxyl groups is 1. The largest absolute Gasteiger partial charge is 0.504 e. The molecular weight excluding hydrogens is 293 g/mol. The molecule has 0 amide bonds. The molecule has 0 bridgehead atoms. The minimum Gasteiger partial charge on any atom is -0.504 e. The average molecular weight is 304 g/mol. The van der Waals surface area contributed by atoms with Crippen LogP contribution in [0, 0.1) is 0 Å². The van der Waals surface area contributed by atoms with E-state index in [2.05, 4.69) is 10.3 Å². The molecule has 8 heteroatoms. The second kappa shape index (κ2) is 5.58. The topological polar surface area (TPSA) is 54.4 Å². The Kier molecular flexibility index (Phi) is 4.03. The van der Waals surface area contributed by atoms with Crippen molar-refractivity contribution in [3.8, 4) is 11.5 Å². The number of hydrogen-bond donors (Lipinski definition) is 2. The Morgan fingerprint density at radius 1 is 1.40 bits per heavy atom. The minimum atomic E-state index is -4.39. The van der Waals surface area contributed by atoms with Crippen LogP contribution in [0.3, 0.4) is 0 Å². The number of benzene rings is 1. The van der Waals surface area contributed by atoms with E-state index in [0.717, 1.165) is 6.20 Å². The van der Waals surface area contributed by atoms with Crippen molar-refractivity contribution in [2.45, 2.75) is 12.7 Å². The first kappa shape index (κ1) is 14.4. The van der Waals surface area contributed by atoms with E-state index in [9.17, 15) is 18.3 Å². The zero-order chi connectivity index (χ0) is 14.8. The van der Waals surface area contributed by atoms with Crippen molar-refractivity contribution in [3.05, 3.63) is 34.8 Å². The van der Waals surface area contributed by atoms with Crippen molar-refractivity contribution in [2.75, 3.05) is 12.4 Å². The average Bonchev–Trinajstić information content (AvgIpc) is 2.86. The van der Waals surface area contributed by atoms with Crippen molar-refractivity contribution in [2.24, 2.45) is 0 Å². The summed E-state index contributed by atoms with van der Waals surface area (Å²) in [6.07, 6.45) is -3.62. The summed E-state index contributed by atoms with van der Waals surface area (Å²) in [5.41, 5.74) is 0.508. The van der Waals surface area contributed by atoms with Gasteiger partial charge in [0.15, 0.2) is 16.6 Å². The van der Waals surface area contributed by atoms with Crippen molar-refractivity contribution in [1.29, 1.82) is 0 Å². The van der Waals surface area contributed by atoms with E-state index in [1.165, 1.54) is 7.11 Å². The van der Waals surface area contributed by atoms with E-state index in [1.54, 1.807) is 18.2 Å². The highest BCUT2D eigenvalue weighted by atomic mass is 32.1. The van der Waals surface area contributed by atoms with Crippen molar-refractivity contribution < 1.29 is 23.0 Å². The maximum Gasteiger partial charge on any atom is 0.427 e. The SMILES string of the molecule is COc1cccc(CNc2ncc(C(F)(F)F)s2)c1O. The van der Waals surface area contributed by atoms with Crippen LogP contribution in [-0.2, 0) is 12.7 Å². The summed E-state index contributed by atoms with van der Waals surface area (Å²) < 4.78 is 42.2. The standard InChI is InChI=1S/C12H11F3N2O2S/c1-19-8-4-2-3-7(10(8)18)5-16-11-17-6-9(20-11)12(13,14)15/h2-4,6,18H,5H2,1H3,(H,16,17). The van der Waals surface area contributed by atoms with Gasteiger partial charge in [-0.1, -0.05) is 23.5 Å². The third kappa shape index (κ3) is 3.13. The van der Waals surface area contributed by atoms with Gasteiger partial charge in [0.2, 0.25) is 0 Å². The fraction of sp³-hybridized carbons (Fsp3) is 0.250. The fourth-order valence-electron chi connectivity index (χ4n) is 1.53. The number of thiazole rings is 1. The van der Waals surface area contributed by atoms with Crippen LogP contribution in [0.4, 0.5) is 18.3 Å². The molecule has 4 nitrogen and oxygen atoms in total. The third-order valence-electron chi connectivity index (χ3n) is 2.52. The fourth-order valence-corrected chi connectivity index (χ4v) is 2.21. The molecule has 1 aromatic heterocycles. The highest BCUT2D eigenvalue weighted by molar-refractivity contribution is 7.15. The molecule has 0 unspecified atom stereocenters. The zero-order valence-corrected chi connectivity index (χ0v) is 11.2. The number of para-hydroxylation sites is 1. The van der Waals surface area contributed by atoms with Gasteiger partial charge in [0.25, 0.3) is 0 Å². The van der Waals surface area contributed by atoms with Gasteiger partial charge in [0.05, 0.1) is 13.3 Å². The van der Waals surface area contributed by atoms with E-state index in [-0.39, 0.29) is 17.4 Å². The zero-order valence-electron chi connectivity index (χ0n) is 10.4. The second-order valence-electron chi connectivity index (χ2n) is 3.85. The van der Waals surface area contributed by atoms with Crippen molar-refractivity contribution in [1.82, 2.24) is 4.98 Å². The molecule has 1 aromatic carbocycles. The number of nitrogens with zero attached hydrogens (tertiary/aromatic N) is 1. The van der Waals surface area contributed by atoms with Crippen LogP contribution in [0.2, 0.25) is 0 Å². The first-order chi connectivity index (χ1) is 9.41. The molecule has 2 aromatic rings. The molecule has 0 aliphatic rings. The lowest BCUT2D eigenvalue weighted by Gasteiger charge is -2.09. The van der Waals surface area contributed by atoms with E-state index in [0.29, 0.717) is 22.6 Å². The number of anilines is 1.